The lowest BCUT2D eigenvalue weighted by atomic mass is 10.4. The zero-order valence-corrected chi connectivity index (χ0v) is 10.3. The van der Waals surface area contributed by atoms with Crippen molar-refractivity contribution in [1.82, 2.24) is 0 Å². The number of carbonyl (C=O) groups excluding carboxylic acids is 1. The maximum atomic E-state index is 8.89. The highest BCUT2D eigenvalue weighted by molar-refractivity contribution is 7.37. The van der Waals surface area contributed by atoms with Gasteiger partial charge in [0.25, 0.3) is 0 Å². The molecule has 13 heavy (non-hydrogen) atoms. The normalized spacial score (nSPS) is 8.85. The van der Waals surface area contributed by atoms with Crippen LogP contribution in [0.4, 0.5) is 0 Å². The van der Waals surface area contributed by atoms with Crippen LogP contribution in [0.15, 0.2) is 0 Å². The summed E-state index contributed by atoms with van der Waals surface area (Å²) in [6, 6.07) is 0. The second-order valence-corrected chi connectivity index (χ2v) is 4.80. The van der Waals surface area contributed by atoms with E-state index in [2.05, 4.69) is 13.8 Å². The molecule has 3 heteroatoms. The summed E-state index contributed by atoms with van der Waals surface area (Å²) in [5.41, 5.74) is 0. The third kappa shape index (κ3) is 33.5. The molecule has 0 saturated carbocycles. The van der Waals surface area contributed by atoms with Gasteiger partial charge in [-0.2, -0.15) is 0 Å². The number of unbranched alkanes of at least 4 members (excludes halogenated alkanes) is 2. The molecule has 0 aliphatic heterocycles. The summed E-state index contributed by atoms with van der Waals surface area (Å²) in [6.45, 7) is 5.53. The monoisotopic (exact) mass is 206 g/mol. The van der Waals surface area contributed by atoms with E-state index in [0.29, 0.717) is 0 Å². The molecular weight excluding hydrogens is 183 g/mol. The Balaban J connectivity index is 0. The Hall–Kier alpha value is -0.100. The SMILES string of the molecule is CC(=O)[O-].CCCC[PH2+]CCCC. The number of hydrogen-bond donors (Lipinski definition) is 0. The smallest absolute Gasteiger partial charge is 0.0549 e. The Bertz CT molecular complexity index is 95.1. The Labute approximate surface area is 83.9 Å². The molecular formula is C10H23O2P. The van der Waals surface area contributed by atoms with Crippen molar-refractivity contribution in [2.45, 2.75) is 46.5 Å². The molecule has 0 aromatic carbocycles. The van der Waals surface area contributed by atoms with E-state index >= 15 is 0 Å². The van der Waals surface area contributed by atoms with E-state index in [9.17, 15) is 0 Å². The molecule has 0 spiro atoms. The van der Waals surface area contributed by atoms with Crippen molar-refractivity contribution >= 4 is 14.6 Å². The highest BCUT2D eigenvalue weighted by atomic mass is 31.1. The molecule has 0 aliphatic carbocycles. The van der Waals surface area contributed by atoms with Crippen LogP contribution in [0.3, 0.4) is 0 Å². The van der Waals surface area contributed by atoms with Gasteiger partial charge in [0.05, 0.1) is 12.3 Å². The standard InChI is InChI=1S/C8H19P.C2H4O2/c1-3-5-7-9-8-6-4-2;1-2(3)4/h9H,3-8H2,1-2H3;1H3,(H,3,4). The predicted octanol–water partition coefficient (Wildman–Crippen LogP) is 1.75. The molecule has 0 aromatic heterocycles. The van der Waals surface area contributed by atoms with Crippen LogP contribution < -0.4 is 5.11 Å². The molecule has 80 valence electrons. The minimum absolute atomic E-state index is 0.818. The Kier molecular flexibility index (Phi) is 17.1. The zero-order valence-electron chi connectivity index (χ0n) is 9.14. The van der Waals surface area contributed by atoms with Crippen LogP contribution in [0, 0.1) is 0 Å². The predicted molar refractivity (Wildman–Crippen MR) is 59.9 cm³/mol. The zero-order chi connectivity index (χ0) is 10.5. The maximum Gasteiger partial charge on any atom is 0.0549 e. The van der Waals surface area contributed by atoms with Gasteiger partial charge in [-0.15, -0.1) is 0 Å². The van der Waals surface area contributed by atoms with Crippen molar-refractivity contribution in [3.8, 4) is 0 Å². The summed E-state index contributed by atoms with van der Waals surface area (Å²) >= 11 is 0. The van der Waals surface area contributed by atoms with Crippen molar-refractivity contribution < 1.29 is 9.90 Å². The van der Waals surface area contributed by atoms with E-state index in [0.717, 1.165) is 15.5 Å². The van der Waals surface area contributed by atoms with Crippen LogP contribution in [-0.2, 0) is 4.79 Å². The highest BCUT2D eigenvalue weighted by Gasteiger charge is 1.91. The summed E-state index contributed by atoms with van der Waals surface area (Å²) in [5, 5.41) is 8.89. The van der Waals surface area contributed by atoms with E-state index in [1.165, 1.54) is 38.0 Å². The molecule has 0 aliphatic rings. The molecule has 0 unspecified atom stereocenters. The Morgan fingerprint density at radius 1 is 1.15 bits per heavy atom. The summed E-state index contributed by atoms with van der Waals surface area (Å²) in [6.07, 6.45) is 8.79. The highest BCUT2D eigenvalue weighted by Crippen LogP contribution is 2.14. The summed E-state index contributed by atoms with van der Waals surface area (Å²) in [4.78, 5) is 8.89. The van der Waals surface area contributed by atoms with Gasteiger partial charge in [-0.1, -0.05) is 26.7 Å². The first kappa shape index (κ1) is 15.4. The van der Waals surface area contributed by atoms with Crippen LogP contribution in [0.1, 0.15) is 46.5 Å². The van der Waals surface area contributed by atoms with Gasteiger partial charge in [0.1, 0.15) is 0 Å². The fourth-order valence-electron chi connectivity index (χ4n) is 0.841. The van der Waals surface area contributed by atoms with E-state index < -0.39 is 5.97 Å². The van der Waals surface area contributed by atoms with Gasteiger partial charge in [-0.05, 0) is 28.3 Å². The van der Waals surface area contributed by atoms with Crippen LogP contribution in [0.5, 0.6) is 0 Å². The second kappa shape index (κ2) is 14.4. The number of aliphatic carboxylic acids is 1. The first-order chi connectivity index (χ1) is 6.15. The number of hydrogen-bond acceptors (Lipinski definition) is 2. The number of carboxylic acid groups (broad SMARTS) is 1. The van der Waals surface area contributed by atoms with Crippen LogP contribution in [-0.4, -0.2) is 18.3 Å². The van der Waals surface area contributed by atoms with E-state index in [1.807, 2.05) is 0 Å². The van der Waals surface area contributed by atoms with Crippen LogP contribution >= 0.6 is 8.58 Å². The van der Waals surface area contributed by atoms with Gasteiger partial charge in [0.2, 0.25) is 0 Å². The molecule has 0 atom stereocenters. The molecule has 0 fully saturated rings. The number of carboxylic acids is 1. The third-order valence-corrected chi connectivity index (χ3v) is 3.16. The average Bonchev–Trinajstić information content (AvgIpc) is 2.03. The molecule has 0 aromatic rings. The van der Waals surface area contributed by atoms with Gasteiger partial charge in [-0.3, -0.25) is 0 Å². The first-order valence-electron chi connectivity index (χ1n) is 5.14. The van der Waals surface area contributed by atoms with Crippen molar-refractivity contribution in [1.29, 1.82) is 0 Å². The van der Waals surface area contributed by atoms with E-state index in [-0.39, 0.29) is 0 Å². The lowest BCUT2D eigenvalue weighted by Crippen LogP contribution is -2.16. The minimum atomic E-state index is -1.08. The maximum absolute atomic E-state index is 8.89. The lowest BCUT2D eigenvalue weighted by molar-refractivity contribution is -0.302. The molecule has 0 amide bonds. The van der Waals surface area contributed by atoms with Gasteiger partial charge in [0, 0.05) is 5.97 Å². The van der Waals surface area contributed by atoms with Gasteiger partial charge >= 0.3 is 0 Å². The number of carbonyl (C=O) groups is 1. The fraction of sp³-hybridized carbons (Fsp3) is 0.900. The molecule has 0 radical (unpaired) electrons. The summed E-state index contributed by atoms with van der Waals surface area (Å²) in [5.74, 6) is -1.08. The van der Waals surface area contributed by atoms with E-state index in [1.54, 1.807) is 0 Å². The topological polar surface area (TPSA) is 40.1 Å². The van der Waals surface area contributed by atoms with Gasteiger partial charge < -0.3 is 9.90 Å². The van der Waals surface area contributed by atoms with Crippen molar-refractivity contribution in [3.05, 3.63) is 0 Å². The molecule has 0 N–H and O–H groups in total. The van der Waals surface area contributed by atoms with Crippen molar-refractivity contribution in [3.63, 3.8) is 0 Å². The van der Waals surface area contributed by atoms with Gasteiger partial charge in [0.15, 0.2) is 0 Å². The molecule has 2 nitrogen and oxygen atoms in total. The second-order valence-electron chi connectivity index (χ2n) is 3.06. The van der Waals surface area contributed by atoms with Crippen LogP contribution in [0.2, 0.25) is 0 Å². The fourth-order valence-corrected chi connectivity index (χ4v) is 2.52. The Morgan fingerprint density at radius 3 is 1.69 bits per heavy atom. The van der Waals surface area contributed by atoms with Gasteiger partial charge in [-0.25, -0.2) is 0 Å². The first-order valence-corrected chi connectivity index (χ1v) is 6.77. The number of rotatable bonds is 6. The molecule has 0 rings (SSSR count). The summed E-state index contributed by atoms with van der Waals surface area (Å²) < 4.78 is 0. The summed E-state index contributed by atoms with van der Waals surface area (Å²) in [7, 11) is 0.818. The molecule has 0 saturated heterocycles. The minimum Gasteiger partial charge on any atom is -0.550 e. The third-order valence-electron chi connectivity index (χ3n) is 1.52. The average molecular weight is 206 g/mol. The van der Waals surface area contributed by atoms with Crippen molar-refractivity contribution in [2.24, 2.45) is 0 Å². The van der Waals surface area contributed by atoms with Crippen molar-refractivity contribution in [2.75, 3.05) is 12.3 Å². The Morgan fingerprint density at radius 2 is 1.46 bits per heavy atom. The quantitative estimate of drug-likeness (QED) is 0.490. The largest absolute Gasteiger partial charge is 0.550 e. The molecule has 0 heterocycles. The van der Waals surface area contributed by atoms with Crippen LogP contribution in [0.25, 0.3) is 0 Å². The molecule has 0 bridgehead atoms. The lowest BCUT2D eigenvalue weighted by Gasteiger charge is -1.90. The van der Waals surface area contributed by atoms with E-state index in [4.69, 9.17) is 9.90 Å².